The van der Waals surface area contributed by atoms with Gasteiger partial charge >= 0.3 is 17.9 Å². The Hall–Kier alpha value is -1.59. The van der Waals surface area contributed by atoms with Gasteiger partial charge in [0.1, 0.15) is 5.60 Å². The van der Waals surface area contributed by atoms with Gasteiger partial charge in [-0.1, -0.05) is 19.8 Å². The van der Waals surface area contributed by atoms with Gasteiger partial charge in [0.05, 0.1) is 11.8 Å². The third-order valence-electron chi connectivity index (χ3n) is 3.83. The predicted molar refractivity (Wildman–Crippen MR) is 90.7 cm³/mol. The number of carboxylic acid groups (broad SMARTS) is 2. The van der Waals surface area contributed by atoms with Crippen LogP contribution < -0.4 is 0 Å². The van der Waals surface area contributed by atoms with E-state index in [2.05, 4.69) is 6.92 Å². The van der Waals surface area contributed by atoms with E-state index in [9.17, 15) is 14.4 Å². The van der Waals surface area contributed by atoms with E-state index < -0.39 is 11.9 Å². The van der Waals surface area contributed by atoms with Crippen LogP contribution in [0.4, 0.5) is 0 Å². The largest absolute Gasteiger partial charge is 0.481 e. The molecule has 0 unspecified atom stereocenters. The summed E-state index contributed by atoms with van der Waals surface area (Å²) in [6.45, 7) is 7.80. The maximum atomic E-state index is 11.1. The molecule has 1 rings (SSSR count). The van der Waals surface area contributed by atoms with Crippen LogP contribution in [0.2, 0.25) is 0 Å². The fourth-order valence-electron chi connectivity index (χ4n) is 2.50. The molecule has 0 aromatic carbocycles. The van der Waals surface area contributed by atoms with Gasteiger partial charge in [-0.25, -0.2) is 0 Å². The minimum absolute atomic E-state index is 0.0732. The third kappa shape index (κ3) is 11.0. The summed E-state index contributed by atoms with van der Waals surface area (Å²) in [5, 5.41) is 17.2. The maximum Gasteiger partial charge on any atom is 0.306 e. The van der Waals surface area contributed by atoms with Crippen molar-refractivity contribution in [3.63, 3.8) is 0 Å². The molecule has 6 heteroatoms. The Morgan fingerprint density at radius 2 is 1.33 bits per heavy atom. The van der Waals surface area contributed by atoms with Gasteiger partial charge < -0.3 is 14.9 Å². The number of hydrogen-bond acceptors (Lipinski definition) is 4. The van der Waals surface area contributed by atoms with Crippen LogP contribution in [0.1, 0.15) is 79.1 Å². The first kappa shape index (κ1) is 22.4. The summed E-state index contributed by atoms with van der Waals surface area (Å²) in [6, 6.07) is 0. The summed E-state index contributed by atoms with van der Waals surface area (Å²) in [5.41, 5.74) is -0.330. The van der Waals surface area contributed by atoms with Gasteiger partial charge in [0.2, 0.25) is 0 Å². The number of rotatable bonds is 6. The van der Waals surface area contributed by atoms with Crippen molar-refractivity contribution >= 4 is 17.9 Å². The van der Waals surface area contributed by atoms with E-state index in [-0.39, 0.29) is 23.4 Å². The Bertz CT molecular complexity index is 380. The number of carbonyl (C=O) groups excluding carboxylic acids is 1. The summed E-state index contributed by atoms with van der Waals surface area (Å²) < 4.78 is 5.15. The van der Waals surface area contributed by atoms with E-state index >= 15 is 0 Å². The van der Waals surface area contributed by atoms with Gasteiger partial charge in [0.25, 0.3) is 0 Å². The van der Waals surface area contributed by atoms with Crippen LogP contribution in [-0.4, -0.2) is 33.7 Å². The Balaban J connectivity index is 0.000000441. The van der Waals surface area contributed by atoms with Crippen molar-refractivity contribution in [3.05, 3.63) is 0 Å². The van der Waals surface area contributed by atoms with Crippen LogP contribution in [0.15, 0.2) is 0 Å². The molecule has 1 fully saturated rings. The lowest BCUT2D eigenvalue weighted by Gasteiger charge is -2.22. The van der Waals surface area contributed by atoms with Crippen molar-refractivity contribution in [2.45, 2.75) is 84.7 Å². The maximum absolute atomic E-state index is 11.1. The predicted octanol–water partition coefficient (Wildman–Crippen LogP) is 3.87. The molecule has 0 amide bonds. The molecule has 2 N–H and O–H groups in total. The zero-order chi connectivity index (χ0) is 18.8. The number of hydrogen-bond donors (Lipinski definition) is 2. The van der Waals surface area contributed by atoms with Gasteiger partial charge in [0.15, 0.2) is 0 Å². The van der Waals surface area contributed by atoms with Crippen LogP contribution in [0, 0.1) is 11.8 Å². The van der Waals surface area contributed by atoms with Gasteiger partial charge in [-0.3, -0.25) is 14.4 Å². The smallest absolute Gasteiger partial charge is 0.306 e. The van der Waals surface area contributed by atoms with Crippen LogP contribution in [0.25, 0.3) is 0 Å². The monoisotopic (exact) mass is 344 g/mol. The molecule has 0 heterocycles. The molecule has 1 saturated carbocycles. The molecule has 0 aromatic rings. The fraction of sp³-hybridized carbons (Fsp3) is 0.833. The summed E-state index contributed by atoms with van der Waals surface area (Å²) >= 11 is 0. The highest BCUT2D eigenvalue weighted by Gasteiger charge is 2.29. The average molecular weight is 344 g/mol. The zero-order valence-electron chi connectivity index (χ0n) is 15.3. The number of aliphatic carboxylic acids is 2. The van der Waals surface area contributed by atoms with Crippen LogP contribution in [0.5, 0.6) is 0 Å². The second-order valence-electron chi connectivity index (χ2n) is 7.27. The first-order valence-electron chi connectivity index (χ1n) is 8.74. The lowest BCUT2D eigenvalue weighted by molar-refractivity contribution is -0.155. The molecule has 0 aliphatic heterocycles. The van der Waals surface area contributed by atoms with Gasteiger partial charge in [-0.15, -0.1) is 0 Å². The van der Waals surface area contributed by atoms with Crippen molar-refractivity contribution in [3.8, 4) is 0 Å². The minimum atomic E-state index is -0.793. The molecule has 0 radical (unpaired) electrons. The van der Waals surface area contributed by atoms with E-state index in [0.29, 0.717) is 32.1 Å². The second kappa shape index (κ2) is 11.0. The van der Waals surface area contributed by atoms with Gasteiger partial charge in [-0.2, -0.15) is 0 Å². The lowest BCUT2D eigenvalue weighted by atomic mass is 9.82. The lowest BCUT2D eigenvalue weighted by Crippen LogP contribution is -2.25. The molecular weight excluding hydrogens is 312 g/mol. The molecule has 0 spiro atoms. The molecule has 6 nitrogen and oxygen atoms in total. The molecule has 1 aliphatic carbocycles. The number of carbonyl (C=O) groups is 3. The molecule has 140 valence electrons. The minimum Gasteiger partial charge on any atom is -0.481 e. The van der Waals surface area contributed by atoms with Crippen molar-refractivity contribution in [2.75, 3.05) is 0 Å². The van der Waals surface area contributed by atoms with Crippen molar-refractivity contribution in [2.24, 2.45) is 11.8 Å². The highest BCUT2D eigenvalue weighted by atomic mass is 16.6. The van der Waals surface area contributed by atoms with Crippen molar-refractivity contribution in [1.82, 2.24) is 0 Å². The number of carboxylic acids is 2. The molecule has 0 aromatic heterocycles. The Morgan fingerprint density at radius 3 is 1.62 bits per heavy atom. The zero-order valence-corrected chi connectivity index (χ0v) is 15.3. The first-order valence-corrected chi connectivity index (χ1v) is 8.74. The third-order valence-corrected chi connectivity index (χ3v) is 3.83. The Kier molecular flexibility index (Phi) is 10.3. The molecular formula is C18H32O6. The molecule has 0 saturated heterocycles. The van der Waals surface area contributed by atoms with Gasteiger partial charge in [0, 0.05) is 6.42 Å². The molecule has 0 atom stereocenters. The number of ether oxygens (including phenoxy) is 1. The highest BCUT2D eigenvalue weighted by Crippen LogP contribution is 2.28. The van der Waals surface area contributed by atoms with E-state index in [1.54, 1.807) is 0 Å². The molecule has 0 bridgehead atoms. The number of unbranched alkanes of at least 4 members (excludes halogenated alkanes) is 2. The molecule has 24 heavy (non-hydrogen) atoms. The summed E-state index contributed by atoms with van der Waals surface area (Å²) in [5.74, 6) is -2.30. The van der Waals surface area contributed by atoms with E-state index in [4.69, 9.17) is 14.9 Å². The van der Waals surface area contributed by atoms with Crippen molar-refractivity contribution in [1.29, 1.82) is 0 Å². The molecule has 1 aliphatic rings. The topological polar surface area (TPSA) is 101 Å². The summed E-state index contributed by atoms with van der Waals surface area (Å²) in [6.07, 6.45) is 5.79. The Labute approximate surface area is 144 Å². The summed E-state index contributed by atoms with van der Waals surface area (Å²) in [4.78, 5) is 32.1. The standard InChI is InChI=1S/C10H20O2.C8H12O4/c1-5-6-7-8-9(11)12-10(2,3)4;9-7(10)5-1-2-6(4-3-5)8(11)12/h5-8H2,1-4H3;5-6H,1-4H2,(H,9,10)(H,11,12). The Morgan fingerprint density at radius 1 is 0.917 bits per heavy atom. The average Bonchev–Trinajstić information content (AvgIpc) is 2.46. The van der Waals surface area contributed by atoms with Crippen LogP contribution in [-0.2, 0) is 19.1 Å². The highest BCUT2D eigenvalue weighted by molar-refractivity contribution is 5.72. The number of esters is 1. The first-order chi connectivity index (χ1) is 11.1. The summed E-state index contributed by atoms with van der Waals surface area (Å²) in [7, 11) is 0. The van der Waals surface area contributed by atoms with E-state index in [0.717, 1.165) is 19.3 Å². The van der Waals surface area contributed by atoms with Crippen LogP contribution >= 0.6 is 0 Å². The normalized spacial score (nSPS) is 20.5. The fourth-order valence-corrected chi connectivity index (χ4v) is 2.50. The SMILES string of the molecule is CCCCCC(=O)OC(C)(C)C.O=C(O)C1CCC(C(=O)O)CC1. The second-order valence-corrected chi connectivity index (χ2v) is 7.27. The van der Waals surface area contributed by atoms with E-state index in [1.807, 2.05) is 20.8 Å². The van der Waals surface area contributed by atoms with Crippen molar-refractivity contribution < 1.29 is 29.3 Å². The van der Waals surface area contributed by atoms with E-state index in [1.165, 1.54) is 0 Å². The van der Waals surface area contributed by atoms with Crippen LogP contribution in [0.3, 0.4) is 0 Å². The van der Waals surface area contributed by atoms with Gasteiger partial charge in [-0.05, 0) is 52.9 Å². The quantitative estimate of drug-likeness (QED) is 0.560.